The van der Waals surface area contributed by atoms with Crippen LogP contribution in [-0.2, 0) is 10.8 Å². The summed E-state index contributed by atoms with van der Waals surface area (Å²) in [7, 11) is -1.39. The van der Waals surface area contributed by atoms with Crippen LogP contribution < -0.4 is 0 Å². The molecule has 0 radical (unpaired) electrons. The summed E-state index contributed by atoms with van der Waals surface area (Å²) in [4.78, 5) is 0. The minimum Gasteiger partial charge on any atom is -0.508 e. The molecule has 3 aliphatic rings. The molecule has 0 amide bonds. The van der Waals surface area contributed by atoms with Crippen LogP contribution in [0, 0.1) is 23.2 Å². The summed E-state index contributed by atoms with van der Waals surface area (Å²) in [5.74, 6) is -3.59. The van der Waals surface area contributed by atoms with Crippen LogP contribution in [0.1, 0.15) is 114 Å². The van der Waals surface area contributed by atoms with Crippen LogP contribution in [0.25, 0.3) is 0 Å². The van der Waals surface area contributed by atoms with Crippen molar-refractivity contribution in [1.82, 2.24) is 0 Å². The molecule has 1 aromatic carbocycles. The maximum Gasteiger partial charge on any atom is 0.453 e. The number of aliphatic hydroxyl groups is 2. The number of fused-ring (bicyclic) bond motifs is 5. The second kappa shape index (κ2) is 13.9. The molecule has 0 heterocycles. The number of hydrogen-bond acceptors (Lipinski definition) is 4. The van der Waals surface area contributed by atoms with Crippen LogP contribution in [0.3, 0.4) is 0 Å². The largest absolute Gasteiger partial charge is 0.508 e. The normalized spacial score (nSPS) is 31.4. The highest BCUT2D eigenvalue weighted by Crippen LogP contribution is 2.65. The van der Waals surface area contributed by atoms with E-state index in [1.165, 1.54) is 0 Å². The van der Waals surface area contributed by atoms with Crippen molar-refractivity contribution >= 4 is 10.8 Å². The number of alkyl halides is 5. The molecule has 2 fully saturated rings. The van der Waals surface area contributed by atoms with Gasteiger partial charge in [0, 0.05) is 28.7 Å². The van der Waals surface area contributed by atoms with E-state index in [4.69, 9.17) is 0 Å². The van der Waals surface area contributed by atoms with Gasteiger partial charge in [0.1, 0.15) is 5.75 Å². The smallest absolute Gasteiger partial charge is 0.453 e. The lowest BCUT2D eigenvalue weighted by molar-refractivity contribution is -0.284. The van der Waals surface area contributed by atoms with Gasteiger partial charge in [-0.15, -0.1) is 0 Å². The lowest BCUT2D eigenvalue weighted by atomic mass is 9.51. The van der Waals surface area contributed by atoms with Crippen LogP contribution in [0.4, 0.5) is 22.0 Å². The van der Waals surface area contributed by atoms with Gasteiger partial charge in [0.15, 0.2) is 0 Å². The summed E-state index contributed by atoms with van der Waals surface area (Å²) in [6.07, 6.45) is 1.38. The van der Waals surface area contributed by atoms with Gasteiger partial charge in [-0.25, -0.2) is 0 Å². The van der Waals surface area contributed by atoms with Gasteiger partial charge in [-0.05, 0) is 96.4 Å². The van der Waals surface area contributed by atoms with E-state index in [0.29, 0.717) is 18.6 Å². The molecule has 5 unspecified atom stereocenters. The fraction of sp³-hybridized carbons (Fsp3) is 0.758. The van der Waals surface area contributed by atoms with Gasteiger partial charge in [-0.3, -0.25) is 4.21 Å². The summed E-state index contributed by atoms with van der Waals surface area (Å²) in [5, 5.41) is 32.5. The molecule has 10 heteroatoms. The van der Waals surface area contributed by atoms with Crippen molar-refractivity contribution in [3.8, 4) is 5.75 Å². The molecule has 8 atom stereocenters. The van der Waals surface area contributed by atoms with E-state index in [1.54, 1.807) is 12.1 Å². The number of unbranched alkanes of at least 4 members (excludes halogenated alkanes) is 6. The first-order chi connectivity index (χ1) is 20.2. The van der Waals surface area contributed by atoms with Crippen molar-refractivity contribution in [3.63, 3.8) is 0 Å². The SMILES string of the molecule is C=C1[C@H](O)CC2C3C(CC[C@]12C)c1ccc(O)cc1[C@@H](O)C3CCCCCCCCCS(=O)CCCC(F)(F)C(F)(F)F. The van der Waals surface area contributed by atoms with Crippen molar-refractivity contribution in [1.29, 1.82) is 0 Å². The van der Waals surface area contributed by atoms with Gasteiger partial charge in [-0.1, -0.05) is 58.1 Å². The van der Waals surface area contributed by atoms with Crippen LogP contribution in [0.2, 0.25) is 0 Å². The standard InChI is InChI=1S/C33H47F5O4S/c1-21-28(40)20-27-29-24(14-16-31(21,27)2)23-13-12-22(39)19-26(23)30(41)25(29)11-8-6-4-3-5-7-9-17-43(42)18-10-15-32(34,35)33(36,37)38/h12-13,19,24-25,27-30,39-41H,1,3-11,14-18,20H2,2H3/t24?,25?,27?,28-,29?,30+,31-,43?/m1/s1. The minimum atomic E-state index is -5.56. The van der Waals surface area contributed by atoms with E-state index in [0.717, 1.165) is 74.5 Å². The third-order valence-corrected chi connectivity index (χ3v) is 12.2. The molecule has 0 spiro atoms. The minimum absolute atomic E-state index is 0.0353. The number of phenols is 1. The zero-order valence-electron chi connectivity index (χ0n) is 25.1. The van der Waals surface area contributed by atoms with Gasteiger partial charge in [0.05, 0.1) is 12.2 Å². The average Bonchev–Trinajstić information content (AvgIpc) is 3.16. The molecule has 0 bridgehead atoms. The highest BCUT2D eigenvalue weighted by molar-refractivity contribution is 7.84. The van der Waals surface area contributed by atoms with Gasteiger partial charge in [0.2, 0.25) is 0 Å². The number of benzene rings is 1. The third-order valence-electron chi connectivity index (χ3n) is 10.7. The van der Waals surface area contributed by atoms with Crippen molar-refractivity contribution < 1.29 is 41.5 Å². The highest BCUT2D eigenvalue weighted by Gasteiger charge is 2.58. The Morgan fingerprint density at radius 1 is 0.953 bits per heavy atom. The van der Waals surface area contributed by atoms with E-state index in [2.05, 4.69) is 13.5 Å². The monoisotopic (exact) mass is 634 g/mol. The van der Waals surface area contributed by atoms with Crippen LogP contribution >= 0.6 is 0 Å². The van der Waals surface area contributed by atoms with E-state index < -0.39 is 47.9 Å². The molecular weight excluding hydrogens is 587 g/mol. The highest BCUT2D eigenvalue weighted by atomic mass is 32.2. The Kier molecular flexibility index (Phi) is 11.1. The summed E-state index contributed by atoms with van der Waals surface area (Å²) in [6, 6.07) is 5.38. The van der Waals surface area contributed by atoms with E-state index in [9.17, 15) is 41.5 Å². The van der Waals surface area contributed by atoms with Gasteiger partial charge >= 0.3 is 12.1 Å². The predicted molar refractivity (Wildman–Crippen MR) is 158 cm³/mol. The van der Waals surface area contributed by atoms with Crippen molar-refractivity contribution in [2.75, 3.05) is 11.5 Å². The van der Waals surface area contributed by atoms with Gasteiger partial charge in [-0.2, -0.15) is 22.0 Å². The molecule has 2 saturated carbocycles. The first kappa shape index (κ1) is 34.4. The van der Waals surface area contributed by atoms with Crippen LogP contribution in [0.15, 0.2) is 30.4 Å². The number of aromatic hydroxyl groups is 1. The molecule has 0 aliphatic heterocycles. The summed E-state index contributed by atoms with van der Waals surface area (Å²) >= 11 is 0. The zero-order valence-corrected chi connectivity index (χ0v) is 25.9. The predicted octanol–water partition coefficient (Wildman–Crippen LogP) is 8.34. The number of phenolic OH excluding ortho intramolecular Hbond substituents is 1. The van der Waals surface area contributed by atoms with E-state index in [1.807, 2.05) is 6.07 Å². The zero-order chi connectivity index (χ0) is 31.6. The summed E-state index contributed by atoms with van der Waals surface area (Å²) < 4.78 is 74.6. The second-order valence-corrected chi connectivity index (χ2v) is 15.1. The fourth-order valence-corrected chi connectivity index (χ4v) is 9.45. The topological polar surface area (TPSA) is 77.8 Å². The Balaban J connectivity index is 1.21. The molecule has 0 saturated heterocycles. The van der Waals surface area contributed by atoms with Crippen molar-refractivity contribution in [2.24, 2.45) is 23.2 Å². The van der Waals surface area contributed by atoms with E-state index in [-0.39, 0.29) is 40.6 Å². The fourth-order valence-electron chi connectivity index (χ4n) is 8.25. The van der Waals surface area contributed by atoms with E-state index >= 15 is 0 Å². The maximum atomic E-state index is 13.0. The Hall–Kier alpha value is -1.52. The molecule has 4 rings (SSSR count). The molecule has 3 N–H and O–H groups in total. The third kappa shape index (κ3) is 7.49. The number of rotatable bonds is 14. The lowest BCUT2D eigenvalue weighted by Gasteiger charge is -2.53. The number of halogens is 5. The Labute approximate surface area is 254 Å². The quantitative estimate of drug-likeness (QED) is 0.109. The molecule has 43 heavy (non-hydrogen) atoms. The molecular formula is C33H47F5O4S. The molecule has 4 nitrogen and oxygen atoms in total. The average molecular weight is 635 g/mol. The Morgan fingerprint density at radius 2 is 1.58 bits per heavy atom. The molecule has 1 aromatic rings. The van der Waals surface area contributed by atoms with Crippen LogP contribution in [-0.4, -0.2) is 49.2 Å². The first-order valence-corrected chi connectivity index (χ1v) is 17.3. The Bertz CT molecular complexity index is 1140. The molecule has 3 aliphatic carbocycles. The summed E-state index contributed by atoms with van der Waals surface area (Å²) in [6.45, 7) is 6.48. The second-order valence-electron chi connectivity index (χ2n) is 13.4. The summed E-state index contributed by atoms with van der Waals surface area (Å²) in [5.41, 5.74) is 2.75. The number of aliphatic hydroxyl groups excluding tert-OH is 2. The van der Waals surface area contributed by atoms with Crippen molar-refractivity contribution in [3.05, 3.63) is 41.5 Å². The number of hydrogen-bond donors (Lipinski definition) is 3. The molecule has 0 aromatic heterocycles. The van der Waals surface area contributed by atoms with Gasteiger partial charge < -0.3 is 15.3 Å². The lowest BCUT2D eigenvalue weighted by Crippen LogP contribution is -2.45. The molecule has 244 valence electrons. The van der Waals surface area contributed by atoms with Crippen LogP contribution in [0.5, 0.6) is 5.75 Å². The van der Waals surface area contributed by atoms with Crippen molar-refractivity contribution in [2.45, 2.75) is 121 Å². The van der Waals surface area contributed by atoms with Gasteiger partial charge in [0.25, 0.3) is 0 Å². The first-order valence-electron chi connectivity index (χ1n) is 15.8. The maximum absolute atomic E-state index is 13.0. The Morgan fingerprint density at radius 3 is 2.26 bits per heavy atom.